The predicted octanol–water partition coefficient (Wildman–Crippen LogP) is 0.934. The summed E-state index contributed by atoms with van der Waals surface area (Å²) in [6.45, 7) is 7.51. The molecule has 0 saturated heterocycles. The first kappa shape index (κ1) is 14.5. The predicted molar refractivity (Wildman–Crippen MR) is 77.0 cm³/mol. The van der Waals surface area contributed by atoms with Crippen molar-refractivity contribution in [2.24, 2.45) is 7.05 Å². The number of aryl methyl sites for hydroxylation is 2. The van der Waals surface area contributed by atoms with Crippen LogP contribution in [0.4, 0.5) is 0 Å². The lowest BCUT2D eigenvalue weighted by Gasteiger charge is -2.11. The number of imidazole rings is 1. The van der Waals surface area contributed by atoms with E-state index in [2.05, 4.69) is 22.0 Å². The van der Waals surface area contributed by atoms with Crippen LogP contribution in [0.25, 0.3) is 0 Å². The standard InChI is InChI=1S/C14H21N5O/c1-4-6-19-10-12(11(2)17-19)8-15-9-13(20)14-16-5-7-18(14)3/h4-5,7,10,13,15,20H,1,6,8-9H2,2-3H3/t13-/m1/s1. The molecule has 0 aliphatic rings. The first-order chi connectivity index (χ1) is 9.61. The normalized spacial score (nSPS) is 12.6. The number of nitrogens with zero attached hydrogens (tertiary/aromatic N) is 4. The van der Waals surface area contributed by atoms with Gasteiger partial charge >= 0.3 is 0 Å². The van der Waals surface area contributed by atoms with E-state index >= 15 is 0 Å². The van der Waals surface area contributed by atoms with Crippen molar-refractivity contribution < 1.29 is 5.11 Å². The molecule has 0 radical (unpaired) electrons. The molecule has 2 N–H and O–H groups in total. The molecule has 0 fully saturated rings. The molecule has 0 spiro atoms. The van der Waals surface area contributed by atoms with Crippen LogP contribution in [0.15, 0.2) is 31.2 Å². The molecule has 0 bridgehead atoms. The smallest absolute Gasteiger partial charge is 0.138 e. The fourth-order valence-electron chi connectivity index (χ4n) is 2.09. The van der Waals surface area contributed by atoms with Gasteiger partial charge in [0.1, 0.15) is 11.9 Å². The fraction of sp³-hybridized carbons (Fsp3) is 0.429. The highest BCUT2D eigenvalue weighted by molar-refractivity contribution is 5.15. The van der Waals surface area contributed by atoms with E-state index < -0.39 is 6.10 Å². The molecule has 0 saturated carbocycles. The van der Waals surface area contributed by atoms with Gasteiger partial charge in [-0.15, -0.1) is 6.58 Å². The van der Waals surface area contributed by atoms with Crippen molar-refractivity contribution in [2.45, 2.75) is 26.1 Å². The van der Waals surface area contributed by atoms with Crippen LogP contribution in [0.5, 0.6) is 0 Å². The molecular formula is C14H21N5O. The Morgan fingerprint density at radius 3 is 3.00 bits per heavy atom. The molecule has 2 rings (SSSR count). The largest absolute Gasteiger partial charge is 0.384 e. The summed E-state index contributed by atoms with van der Waals surface area (Å²) in [6.07, 6.45) is 6.70. The number of hydrogen-bond donors (Lipinski definition) is 2. The maximum Gasteiger partial charge on any atom is 0.138 e. The Kier molecular flexibility index (Phi) is 4.70. The topological polar surface area (TPSA) is 67.9 Å². The van der Waals surface area contributed by atoms with Crippen molar-refractivity contribution >= 4 is 0 Å². The van der Waals surface area contributed by atoms with Crippen LogP contribution in [0.1, 0.15) is 23.2 Å². The van der Waals surface area contributed by atoms with E-state index in [4.69, 9.17) is 0 Å². The molecule has 20 heavy (non-hydrogen) atoms. The third kappa shape index (κ3) is 3.34. The van der Waals surface area contributed by atoms with Crippen LogP contribution in [0, 0.1) is 6.92 Å². The first-order valence-electron chi connectivity index (χ1n) is 6.61. The van der Waals surface area contributed by atoms with Gasteiger partial charge in [0.15, 0.2) is 0 Å². The summed E-state index contributed by atoms with van der Waals surface area (Å²) < 4.78 is 3.67. The average Bonchev–Trinajstić information content (AvgIpc) is 2.97. The first-order valence-corrected chi connectivity index (χ1v) is 6.61. The van der Waals surface area contributed by atoms with Crippen molar-refractivity contribution in [3.05, 3.63) is 48.3 Å². The monoisotopic (exact) mass is 275 g/mol. The number of nitrogens with one attached hydrogen (secondary N) is 1. The van der Waals surface area contributed by atoms with E-state index in [9.17, 15) is 5.11 Å². The molecule has 0 aromatic carbocycles. The Hall–Kier alpha value is -1.92. The Morgan fingerprint density at radius 2 is 2.35 bits per heavy atom. The van der Waals surface area contributed by atoms with Gasteiger partial charge in [-0.3, -0.25) is 4.68 Å². The van der Waals surface area contributed by atoms with Crippen LogP contribution >= 0.6 is 0 Å². The maximum atomic E-state index is 10.0. The van der Waals surface area contributed by atoms with Gasteiger partial charge in [-0.1, -0.05) is 6.08 Å². The van der Waals surface area contributed by atoms with Gasteiger partial charge in [0, 0.05) is 44.3 Å². The average molecular weight is 275 g/mol. The van der Waals surface area contributed by atoms with Gasteiger partial charge in [-0.05, 0) is 6.92 Å². The van der Waals surface area contributed by atoms with Gasteiger partial charge in [0.05, 0.1) is 12.2 Å². The third-order valence-electron chi connectivity index (χ3n) is 3.17. The van der Waals surface area contributed by atoms with Crippen LogP contribution < -0.4 is 5.32 Å². The highest BCUT2D eigenvalue weighted by Crippen LogP contribution is 2.09. The molecule has 0 unspecified atom stereocenters. The number of allylic oxidation sites excluding steroid dienone is 1. The van der Waals surface area contributed by atoms with Crippen molar-refractivity contribution in [3.8, 4) is 0 Å². The van der Waals surface area contributed by atoms with Crippen LogP contribution in [0.3, 0.4) is 0 Å². The van der Waals surface area contributed by atoms with Crippen molar-refractivity contribution in [2.75, 3.05) is 6.54 Å². The Bertz CT molecular complexity index is 572. The minimum absolute atomic E-state index is 0.455. The highest BCUT2D eigenvalue weighted by Gasteiger charge is 2.12. The number of aliphatic hydroxyl groups is 1. The van der Waals surface area contributed by atoms with Crippen LogP contribution in [-0.2, 0) is 20.1 Å². The molecule has 6 nitrogen and oxygen atoms in total. The number of aromatic nitrogens is 4. The Balaban J connectivity index is 1.86. The lowest BCUT2D eigenvalue weighted by atomic mass is 10.2. The zero-order valence-corrected chi connectivity index (χ0v) is 12.0. The Morgan fingerprint density at radius 1 is 1.55 bits per heavy atom. The highest BCUT2D eigenvalue weighted by atomic mass is 16.3. The fourth-order valence-corrected chi connectivity index (χ4v) is 2.09. The van der Waals surface area contributed by atoms with E-state index in [1.165, 1.54) is 0 Å². The zero-order valence-electron chi connectivity index (χ0n) is 12.0. The zero-order chi connectivity index (χ0) is 14.5. The third-order valence-corrected chi connectivity index (χ3v) is 3.17. The molecular weight excluding hydrogens is 254 g/mol. The number of hydrogen-bond acceptors (Lipinski definition) is 4. The number of rotatable bonds is 7. The van der Waals surface area contributed by atoms with E-state index in [0.717, 1.165) is 11.3 Å². The maximum absolute atomic E-state index is 10.0. The Labute approximate surface area is 118 Å². The van der Waals surface area contributed by atoms with Gasteiger partial charge in [0.25, 0.3) is 0 Å². The second-order valence-corrected chi connectivity index (χ2v) is 4.79. The molecule has 2 heterocycles. The summed E-state index contributed by atoms with van der Waals surface area (Å²) in [4.78, 5) is 4.13. The molecule has 0 aliphatic heterocycles. The second-order valence-electron chi connectivity index (χ2n) is 4.79. The van der Waals surface area contributed by atoms with Gasteiger partial charge in [-0.2, -0.15) is 5.10 Å². The summed E-state index contributed by atoms with van der Waals surface area (Å²) in [5, 5.41) is 17.7. The lowest BCUT2D eigenvalue weighted by Crippen LogP contribution is -2.23. The molecule has 0 amide bonds. The molecule has 1 atom stereocenters. The van der Waals surface area contributed by atoms with Crippen molar-refractivity contribution in [1.29, 1.82) is 0 Å². The SMILES string of the molecule is C=CCn1cc(CNC[C@@H](O)c2nccn2C)c(C)n1. The van der Waals surface area contributed by atoms with E-state index in [-0.39, 0.29) is 0 Å². The second kappa shape index (κ2) is 6.49. The van der Waals surface area contributed by atoms with Gasteiger partial charge in [-0.25, -0.2) is 4.98 Å². The minimum Gasteiger partial charge on any atom is -0.384 e. The van der Waals surface area contributed by atoms with Gasteiger partial charge < -0.3 is 15.0 Å². The van der Waals surface area contributed by atoms with E-state index in [0.29, 0.717) is 25.5 Å². The summed E-state index contributed by atoms with van der Waals surface area (Å²) >= 11 is 0. The minimum atomic E-state index is -0.612. The summed E-state index contributed by atoms with van der Waals surface area (Å²) in [5.74, 6) is 0.663. The van der Waals surface area contributed by atoms with Crippen LogP contribution in [-0.4, -0.2) is 31.0 Å². The van der Waals surface area contributed by atoms with Crippen LogP contribution in [0.2, 0.25) is 0 Å². The summed E-state index contributed by atoms with van der Waals surface area (Å²) in [6, 6.07) is 0. The van der Waals surface area contributed by atoms with Crippen molar-refractivity contribution in [3.63, 3.8) is 0 Å². The summed E-state index contributed by atoms with van der Waals surface area (Å²) in [5.41, 5.74) is 2.12. The molecule has 2 aromatic rings. The van der Waals surface area contributed by atoms with Gasteiger partial charge in [0.2, 0.25) is 0 Å². The molecule has 108 valence electrons. The molecule has 0 aliphatic carbocycles. The molecule has 2 aromatic heterocycles. The van der Waals surface area contributed by atoms with E-state index in [1.54, 1.807) is 6.20 Å². The summed E-state index contributed by atoms with van der Waals surface area (Å²) in [7, 11) is 1.87. The number of aliphatic hydroxyl groups excluding tert-OH is 1. The molecule has 6 heteroatoms. The lowest BCUT2D eigenvalue weighted by molar-refractivity contribution is 0.161. The van der Waals surface area contributed by atoms with E-state index in [1.807, 2.05) is 41.7 Å². The van der Waals surface area contributed by atoms with Crippen molar-refractivity contribution in [1.82, 2.24) is 24.6 Å². The quantitative estimate of drug-likeness (QED) is 0.738.